The van der Waals surface area contributed by atoms with Crippen LogP contribution in [0, 0.1) is 0 Å². The number of para-hydroxylation sites is 1. The van der Waals surface area contributed by atoms with Gasteiger partial charge in [-0.25, -0.2) is 0 Å². The molecule has 1 fully saturated rings. The summed E-state index contributed by atoms with van der Waals surface area (Å²) in [5.41, 5.74) is 3.78. The quantitative estimate of drug-likeness (QED) is 0.771. The number of ether oxygens (including phenoxy) is 2. The van der Waals surface area contributed by atoms with Crippen LogP contribution < -0.4 is 19.7 Å². The summed E-state index contributed by atoms with van der Waals surface area (Å²) < 4.78 is 10.8. The van der Waals surface area contributed by atoms with Crippen molar-refractivity contribution in [2.75, 3.05) is 31.8 Å². The van der Waals surface area contributed by atoms with Crippen LogP contribution in [0.15, 0.2) is 42.5 Å². The highest BCUT2D eigenvalue weighted by atomic mass is 32.1. The Kier molecular flexibility index (Phi) is 5.86. The van der Waals surface area contributed by atoms with Crippen molar-refractivity contribution in [3.05, 3.63) is 53.6 Å². The van der Waals surface area contributed by atoms with Gasteiger partial charge < -0.3 is 24.6 Å². The molecule has 0 radical (unpaired) electrons. The molecule has 148 valence electrons. The first kappa shape index (κ1) is 18.9. The Bertz CT molecular complexity index is 836. The van der Waals surface area contributed by atoms with E-state index >= 15 is 0 Å². The average Bonchev–Trinajstić information content (AvgIpc) is 3.21. The molecule has 0 bridgehead atoms. The van der Waals surface area contributed by atoms with Crippen LogP contribution >= 0.6 is 12.2 Å². The van der Waals surface area contributed by atoms with Crippen molar-refractivity contribution in [2.24, 2.45) is 0 Å². The third-order valence-electron chi connectivity index (χ3n) is 5.32. The van der Waals surface area contributed by atoms with E-state index in [1.54, 1.807) is 0 Å². The molecule has 0 amide bonds. The third kappa shape index (κ3) is 4.33. The first-order chi connectivity index (χ1) is 13.7. The molecule has 6 heteroatoms. The fraction of sp³-hybridized carbons (Fsp3) is 0.409. The van der Waals surface area contributed by atoms with Crippen molar-refractivity contribution in [1.29, 1.82) is 0 Å². The summed E-state index contributed by atoms with van der Waals surface area (Å²) in [4.78, 5) is 4.61. The van der Waals surface area contributed by atoms with Crippen molar-refractivity contribution in [3.8, 4) is 11.5 Å². The monoisotopic (exact) mass is 397 g/mol. The number of nitrogens with zero attached hydrogens (tertiary/aromatic N) is 2. The summed E-state index contributed by atoms with van der Waals surface area (Å²) in [6.45, 7) is 4.04. The van der Waals surface area contributed by atoms with Crippen LogP contribution in [0.3, 0.4) is 0 Å². The first-order valence-electron chi connectivity index (χ1n) is 9.91. The Balaban J connectivity index is 1.36. The minimum Gasteiger partial charge on any atom is -0.454 e. The lowest BCUT2D eigenvalue weighted by molar-refractivity contribution is 0.174. The highest BCUT2D eigenvalue weighted by Crippen LogP contribution is 2.32. The summed E-state index contributed by atoms with van der Waals surface area (Å²) in [6.07, 6.45) is 3.89. The van der Waals surface area contributed by atoms with Crippen molar-refractivity contribution >= 4 is 23.0 Å². The molecule has 0 aliphatic carbocycles. The lowest BCUT2D eigenvalue weighted by Gasteiger charge is -2.32. The minimum absolute atomic E-state index is 0.295. The lowest BCUT2D eigenvalue weighted by Crippen LogP contribution is -2.37. The van der Waals surface area contributed by atoms with Crippen LogP contribution in [0.2, 0.25) is 0 Å². The van der Waals surface area contributed by atoms with Gasteiger partial charge in [0.25, 0.3) is 0 Å². The molecule has 2 aliphatic heterocycles. The highest BCUT2D eigenvalue weighted by Gasteiger charge is 2.16. The predicted molar refractivity (Wildman–Crippen MR) is 116 cm³/mol. The molecule has 2 aliphatic rings. The second-order valence-electron chi connectivity index (χ2n) is 7.38. The van der Waals surface area contributed by atoms with Gasteiger partial charge in [0.2, 0.25) is 6.79 Å². The van der Waals surface area contributed by atoms with Crippen molar-refractivity contribution in [1.82, 2.24) is 10.2 Å². The predicted octanol–water partition coefficient (Wildman–Crippen LogP) is 3.91. The van der Waals surface area contributed by atoms with Crippen LogP contribution in [-0.4, -0.2) is 36.9 Å². The van der Waals surface area contributed by atoms with Crippen LogP contribution in [-0.2, 0) is 13.1 Å². The van der Waals surface area contributed by atoms with Gasteiger partial charge in [0.15, 0.2) is 16.6 Å². The molecule has 0 spiro atoms. The summed E-state index contributed by atoms with van der Waals surface area (Å²) in [5.74, 6) is 1.60. The number of fused-ring (bicyclic) bond motifs is 1. The Morgan fingerprint density at radius 3 is 2.71 bits per heavy atom. The van der Waals surface area contributed by atoms with Gasteiger partial charge in [-0.2, -0.15) is 0 Å². The zero-order chi connectivity index (χ0) is 19.3. The van der Waals surface area contributed by atoms with E-state index in [2.05, 4.69) is 39.4 Å². The van der Waals surface area contributed by atoms with Crippen LogP contribution in [0.4, 0.5) is 5.69 Å². The zero-order valence-electron chi connectivity index (χ0n) is 16.3. The van der Waals surface area contributed by atoms with Crippen molar-refractivity contribution in [2.45, 2.75) is 32.4 Å². The molecule has 5 nitrogen and oxygen atoms in total. The van der Waals surface area contributed by atoms with Gasteiger partial charge in [0.05, 0.1) is 0 Å². The standard InChI is InChI=1S/C22H27N3O2S/c1-24(15-18-7-3-4-8-19(18)25-11-5-2-6-12-25)22(28)23-14-17-9-10-20-21(13-17)27-16-26-20/h3-4,7-10,13H,2,5-6,11-12,14-16H2,1H3,(H,23,28). The van der Waals surface area contributed by atoms with E-state index in [-0.39, 0.29) is 0 Å². The fourth-order valence-corrected chi connectivity index (χ4v) is 3.92. The summed E-state index contributed by atoms with van der Waals surface area (Å²) in [7, 11) is 2.04. The van der Waals surface area contributed by atoms with E-state index in [0.717, 1.165) is 41.8 Å². The number of anilines is 1. The van der Waals surface area contributed by atoms with Crippen molar-refractivity contribution < 1.29 is 9.47 Å². The molecule has 0 atom stereocenters. The number of nitrogens with one attached hydrogen (secondary N) is 1. The maximum atomic E-state index is 5.62. The maximum Gasteiger partial charge on any atom is 0.231 e. The Labute approximate surface area is 172 Å². The van der Waals surface area contributed by atoms with Gasteiger partial charge in [-0.15, -0.1) is 0 Å². The number of rotatable bonds is 5. The molecule has 2 aromatic carbocycles. The smallest absolute Gasteiger partial charge is 0.231 e. The van der Waals surface area contributed by atoms with E-state index in [9.17, 15) is 0 Å². The number of hydrogen-bond acceptors (Lipinski definition) is 4. The number of hydrogen-bond donors (Lipinski definition) is 1. The molecule has 28 heavy (non-hydrogen) atoms. The third-order valence-corrected chi connectivity index (χ3v) is 5.78. The van der Waals surface area contributed by atoms with E-state index in [4.69, 9.17) is 21.7 Å². The van der Waals surface area contributed by atoms with Crippen molar-refractivity contribution in [3.63, 3.8) is 0 Å². The lowest BCUT2D eigenvalue weighted by atomic mass is 10.1. The largest absolute Gasteiger partial charge is 0.454 e. The minimum atomic E-state index is 0.295. The molecular formula is C22H27N3O2S. The summed E-state index contributed by atoms with van der Waals surface area (Å²) in [5, 5.41) is 4.10. The molecule has 1 saturated heterocycles. The number of benzene rings is 2. The summed E-state index contributed by atoms with van der Waals surface area (Å²) >= 11 is 5.62. The highest BCUT2D eigenvalue weighted by molar-refractivity contribution is 7.80. The zero-order valence-corrected chi connectivity index (χ0v) is 17.1. The maximum absolute atomic E-state index is 5.62. The van der Waals surface area contributed by atoms with Crippen LogP contribution in [0.1, 0.15) is 30.4 Å². The number of piperidine rings is 1. The fourth-order valence-electron chi connectivity index (χ4n) is 3.78. The Morgan fingerprint density at radius 1 is 1.07 bits per heavy atom. The normalized spacial score (nSPS) is 15.4. The van der Waals surface area contributed by atoms with Gasteiger partial charge in [-0.1, -0.05) is 24.3 Å². The van der Waals surface area contributed by atoms with Gasteiger partial charge in [-0.05, 0) is 60.8 Å². The molecule has 4 rings (SSSR count). The molecule has 2 aromatic rings. The molecule has 1 N–H and O–H groups in total. The Hall–Kier alpha value is -2.47. The van der Waals surface area contributed by atoms with Crippen LogP contribution in [0.25, 0.3) is 0 Å². The molecule has 0 saturated carbocycles. The first-order valence-corrected chi connectivity index (χ1v) is 10.3. The molecule has 0 aromatic heterocycles. The Morgan fingerprint density at radius 2 is 1.86 bits per heavy atom. The van der Waals surface area contributed by atoms with Gasteiger partial charge >= 0.3 is 0 Å². The second kappa shape index (κ2) is 8.69. The molecule has 2 heterocycles. The van der Waals surface area contributed by atoms with E-state index in [0.29, 0.717) is 13.3 Å². The van der Waals surface area contributed by atoms with Gasteiger partial charge in [-0.3, -0.25) is 0 Å². The summed E-state index contributed by atoms with van der Waals surface area (Å²) in [6, 6.07) is 14.7. The molecular weight excluding hydrogens is 370 g/mol. The average molecular weight is 398 g/mol. The van der Waals surface area contributed by atoms with Crippen LogP contribution in [0.5, 0.6) is 11.5 Å². The topological polar surface area (TPSA) is 37.0 Å². The van der Waals surface area contributed by atoms with Gasteiger partial charge in [0.1, 0.15) is 0 Å². The van der Waals surface area contributed by atoms with E-state index < -0.39 is 0 Å². The van der Waals surface area contributed by atoms with Gasteiger partial charge in [0, 0.05) is 38.9 Å². The second-order valence-corrected chi connectivity index (χ2v) is 7.77. The molecule has 0 unspecified atom stereocenters. The van der Waals surface area contributed by atoms with E-state index in [1.165, 1.54) is 30.5 Å². The number of thiocarbonyl (C=S) groups is 1. The van der Waals surface area contributed by atoms with E-state index in [1.807, 2.05) is 25.2 Å². The SMILES string of the molecule is CN(Cc1ccccc1N1CCCCC1)C(=S)NCc1ccc2c(c1)OCO2.